The zero-order chi connectivity index (χ0) is 21.8. The highest BCUT2D eigenvalue weighted by Gasteiger charge is 2.29. The molecule has 4 heteroatoms. The van der Waals surface area contributed by atoms with Crippen molar-refractivity contribution in [3.63, 3.8) is 0 Å². The van der Waals surface area contributed by atoms with Crippen molar-refractivity contribution < 1.29 is 9.47 Å². The van der Waals surface area contributed by atoms with E-state index in [1.165, 1.54) is 48.3 Å². The van der Waals surface area contributed by atoms with Gasteiger partial charge in [0.2, 0.25) is 0 Å². The van der Waals surface area contributed by atoms with E-state index >= 15 is 0 Å². The third-order valence-corrected chi connectivity index (χ3v) is 6.74. The summed E-state index contributed by atoms with van der Waals surface area (Å²) in [6.07, 6.45) is 3.65. The number of benzene rings is 3. The van der Waals surface area contributed by atoms with E-state index < -0.39 is 0 Å². The van der Waals surface area contributed by atoms with Gasteiger partial charge in [-0.15, -0.1) is 0 Å². The van der Waals surface area contributed by atoms with Gasteiger partial charge >= 0.3 is 0 Å². The van der Waals surface area contributed by atoms with Gasteiger partial charge in [0.15, 0.2) is 0 Å². The van der Waals surface area contributed by atoms with E-state index in [1.54, 1.807) is 7.11 Å². The first kappa shape index (κ1) is 20.9. The Bertz CT molecular complexity index is 1010. The molecule has 3 aromatic rings. The smallest absolute Gasteiger partial charge is 0.119 e. The van der Waals surface area contributed by atoms with Crippen molar-refractivity contribution in [1.82, 2.24) is 4.90 Å². The van der Waals surface area contributed by atoms with Gasteiger partial charge < -0.3 is 14.4 Å². The Kier molecular flexibility index (Phi) is 6.31. The number of methoxy groups -OCH3 is 1. The van der Waals surface area contributed by atoms with Crippen molar-refractivity contribution in [3.05, 3.63) is 89.5 Å². The van der Waals surface area contributed by atoms with E-state index in [9.17, 15) is 0 Å². The molecule has 1 saturated heterocycles. The molecule has 4 nitrogen and oxygen atoms in total. The number of ether oxygens (including phenoxy) is 2. The summed E-state index contributed by atoms with van der Waals surface area (Å²) in [7, 11) is 1.74. The molecule has 32 heavy (non-hydrogen) atoms. The van der Waals surface area contributed by atoms with Gasteiger partial charge in [0.1, 0.15) is 18.1 Å². The average molecular weight is 429 g/mol. The second-order valence-electron chi connectivity index (χ2n) is 8.71. The number of fused-ring (bicyclic) bond motifs is 1. The van der Waals surface area contributed by atoms with Gasteiger partial charge in [0.05, 0.1) is 13.2 Å². The second kappa shape index (κ2) is 9.66. The lowest BCUT2D eigenvalue weighted by atomic mass is 9.87. The number of hydrogen-bond acceptors (Lipinski definition) is 4. The van der Waals surface area contributed by atoms with Gasteiger partial charge in [-0.25, -0.2) is 0 Å². The molecule has 2 heterocycles. The van der Waals surface area contributed by atoms with E-state index in [2.05, 4.69) is 82.6 Å². The Hall–Kier alpha value is -2.98. The summed E-state index contributed by atoms with van der Waals surface area (Å²) < 4.78 is 11.5. The second-order valence-corrected chi connectivity index (χ2v) is 8.71. The minimum absolute atomic E-state index is 0.172. The number of anilines is 1. The number of rotatable bonds is 7. The molecule has 0 saturated carbocycles. The number of likely N-dealkylation sites (tertiary alicyclic amines) is 1. The highest BCUT2D eigenvalue weighted by molar-refractivity contribution is 5.57. The molecule has 0 spiro atoms. The first-order chi connectivity index (χ1) is 15.8. The van der Waals surface area contributed by atoms with Crippen molar-refractivity contribution in [1.29, 1.82) is 0 Å². The van der Waals surface area contributed by atoms with Crippen LogP contribution in [0, 0.1) is 0 Å². The zero-order valence-corrected chi connectivity index (χ0v) is 18.9. The third kappa shape index (κ3) is 4.46. The lowest BCUT2D eigenvalue weighted by Gasteiger charge is -2.39. The summed E-state index contributed by atoms with van der Waals surface area (Å²) in [5.74, 6) is 1.88. The molecule has 0 N–H and O–H groups in total. The molecule has 2 aliphatic rings. The Labute approximate surface area is 191 Å². The summed E-state index contributed by atoms with van der Waals surface area (Å²) in [5.41, 5.74) is 5.26. The lowest BCUT2D eigenvalue weighted by molar-refractivity contribution is 0.237. The van der Waals surface area contributed by atoms with Gasteiger partial charge in [0.25, 0.3) is 0 Å². The molecule has 3 aromatic carbocycles. The predicted octanol–water partition coefficient (Wildman–Crippen LogP) is 5.32. The Morgan fingerprint density at radius 1 is 0.844 bits per heavy atom. The normalized spacial score (nSPS) is 18.4. The van der Waals surface area contributed by atoms with Crippen LogP contribution >= 0.6 is 0 Å². The molecule has 1 atom stereocenters. The van der Waals surface area contributed by atoms with E-state index in [4.69, 9.17) is 9.47 Å². The first-order valence-electron chi connectivity index (χ1n) is 11.8. The average Bonchev–Trinajstić information content (AvgIpc) is 3.37. The standard InChI is InChI=1S/C28H32N2O2/c1-31-26-13-14-27-23(21-26)15-18-30(24-7-3-2-4-8-24)28(27)22-9-11-25(12-10-22)32-20-19-29-16-5-6-17-29/h2-4,7-14,21,28H,5-6,15-20H2,1H3. The molecule has 0 radical (unpaired) electrons. The third-order valence-electron chi connectivity index (χ3n) is 6.74. The lowest BCUT2D eigenvalue weighted by Crippen LogP contribution is -2.36. The van der Waals surface area contributed by atoms with Crippen LogP contribution in [0.25, 0.3) is 0 Å². The Morgan fingerprint density at radius 3 is 2.34 bits per heavy atom. The fourth-order valence-corrected chi connectivity index (χ4v) is 5.03. The summed E-state index contributed by atoms with van der Waals surface area (Å²) in [4.78, 5) is 5.00. The van der Waals surface area contributed by atoms with E-state index in [0.29, 0.717) is 0 Å². The molecule has 166 valence electrons. The monoisotopic (exact) mass is 428 g/mol. The van der Waals surface area contributed by atoms with Crippen LogP contribution in [0.2, 0.25) is 0 Å². The molecule has 1 fully saturated rings. The summed E-state index contributed by atoms with van der Waals surface area (Å²) in [6, 6.07) is 26.1. The van der Waals surface area contributed by atoms with E-state index in [1.807, 2.05) is 0 Å². The Morgan fingerprint density at radius 2 is 1.59 bits per heavy atom. The molecular formula is C28H32N2O2. The van der Waals surface area contributed by atoms with Crippen molar-refractivity contribution >= 4 is 5.69 Å². The van der Waals surface area contributed by atoms with Gasteiger partial charge in [-0.05, 0) is 85.4 Å². The van der Waals surface area contributed by atoms with Crippen LogP contribution in [0.4, 0.5) is 5.69 Å². The highest BCUT2D eigenvalue weighted by Crippen LogP contribution is 2.39. The van der Waals surface area contributed by atoms with Crippen LogP contribution in [0.3, 0.4) is 0 Å². The van der Waals surface area contributed by atoms with Crippen LogP contribution in [-0.4, -0.2) is 44.8 Å². The van der Waals surface area contributed by atoms with Crippen LogP contribution in [0.1, 0.15) is 35.6 Å². The van der Waals surface area contributed by atoms with Gasteiger partial charge in [-0.1, -0.05) is 36.4 Å². The molecule has 0 amide bonds. The maximum absolute atomic E-state index is 6.05. The van der Waals surface area contributed by atoms with E-state index in [-0.39, 0.29) is 6.04 Å². The van der Waals surface area contributed by atoms with Gasteiger partial charge in [-0.2, -0.15) is 0 Å². The van der Waals surface area contributed by atoms with Crippen molar-refractivity contribution in [2.75, 3.05) is 44.8 Å². The number of para-hydroxylation sites is 1. The molecule has 1 unspecified atom stereocenters. The van der Waals surface area contributed by atoms with Crippen LogP contribution in [0.5, 0.6) is 11.5 Å². The molecule has 2 aliphatic heterocycles. The van der Waals surface area contributed by atoms with Crippen molar-refractivity contribution in [3.8, 4) is 11.5 Å². The maximum Gasteiger partial charge on any atom is 0.119 e. The largest absolute Gasteiger partial charge is 0.497 e. The molecule has 0 aliphatic carbocycles. The molecule has 5 rings (SSSR count). The molecular weight excluding hydrogens is 396 g/mol. The summed E-state index contributed by atoms with van der Waals surface area (Å²) in [6.45, 7) is 5.17. The topological polar surface area (TPSA) is 24.9 Å². The fourth-order valence-electron chi connectivity index (χ4n) is 5.03. The fraction of sp³-hybridized carbons (Fsp3) is 0.357. The summed E-state index contributed by atoms with van der Waals surface area (Å²) in [5, 5.41) is 0. The van der Waals surface area contributed by atoms with Gasteiger partial charge in [0, 0.05) is 18.8 Å². The zero-order valence-electron chi connectivity index (χ0n) is 18.9. The van der Waals surface area contributed by atoms with Crippen LogP contribution < -0.4 is 14.4 Å². The minimum atomic E-state index is 0.172. The first-order valence-corrected chi connectivity index (χ1v) is 11.8. The van der Waals surface area contributed by atoms with Crippen LogP contribution in [-0.2, 0) is 6.42 Å². The number of hydrogen-bond donors (Lipinski definition) is 0. The maximum atomic E-state index is 6.05. The number of nitrogens with zero attached hydrogens (tertiary/aromatic N) is 2. The highest BCUT2D eigenvalue weighted by atomic mass is 16.5. The molecule has 0 aromatic heterocycles. The summed E-state index contributed by atoms with van der Waals surface area (Å²) >= 11 is 0. The van der Waals surface area contributed by atoms with E-state index in [0.717, 1.165) is 37.6 Å². The van der Waals surface area contributed by atoms with Crippen molar-refractivity contribution in [2.45, 2.75) is 25.3 Å². The van der Waals surface area contributed by atoms with Crippen LogP contribution in [0.15, 0.2) is 72.8 Å². The minimum Gasteiger partial charge on any atom is -0.497 e. The quantitative estimate of drug-likeness (QED) is 0.508. The van der Waals surface area contributed by atoms with Gasteiger partial charge in [-0.3, -0.25) is 4.90 Å². The predicted molar refractivity (Wildman–Crippen MR) is 130 cm³/mol. The van der Waals surface area contributed by atoms with Crippen molar-refractivity contribution in [2.24, 2.45) is 0 Å². The molecule has 0 bridgehead atoms. The SMILES string of the molecule is COc1ccc2c(c1)CCN(c1ccccc1)C2c1ccc(OCCN2CCCC2)cc1. The Balaban J connectivity index is 1.39.